The van der Waals surface area contributed by atoms with Crippen molar-refractivity contribution in [1.29, 1.82) is 0 Å². The summed E-state index contributed by atoms with van der Waals surface area (Å²) in [5.74, 6) is -1.83. The van der Waals surface area contributed by atoms with E-state index < -0.39 is 29.0 Å². The lowest BCUT2D eigenvalue weighted by Crippen LogP contribution is -2.53. The van der Waals surface area contributed by atoms with Crippen molar-refractivity contribution in [2.45, 2.75) is 20.8 Å². The molecular weight excluding hydrogens is 300 g/mol. The fourth-order valence-electron chi connectivity index (χ4n) is 2.38. The quantitative estimate of drug-likeness (QED) is 0.577. The van der Waals surface area contributed by atoms with Gasteiger partial charge >= 0.3 is 6.03 Å². The smallest absolute Gasteiger partial charge is 0.331 e. The molecule has 2 aliphatic rings. The third-order valence-electron chi connectivity index (χ3n) is 3.64. The fourth-order valence-corrected chi connectivity index (χ4v) is 2.38. The van der Waals surface area contributed by atoms with Gasteiger partial charge in [0.1, 0.15) is 11.3 Å². The van der Waals surface area contributed by atoms with E-state index in [4.69, 9.17) is 4.74 Å². The van der Waals surface area contributed by atoms with Crippen LogP contribution in [0.3, 0.4) is 0 Å². The van der Waals surface area contributed by atoms with E-state index in [1.54, 1.807) is 6.08 Å². The van der Waals surface area contributed by atoms with Crippen molar-refractivity contribution >= 4 is 23.6 Å². The minimum atomic E-state index is -0.870. The van der Waals surface area contributed by atoms with Crippen molar-refractivity contribution < 1.29 is 23.9 Å². The molecule has 0 aromatic rings. The van der Waals surface area contributed by atoms with Gasteiger partial charge in [0.15, 0.2) is 5.78 Å². The molecule has 1 fully saturated rings. The summed E-state index contributed by atoms with van der Waals surface area (Å²) >= 11 is 0. The standard InChI is InChI=1S/C16H18N2O5/c1-16(2,3)9-6-8(23-5)7-10(19)11(9)12-13(20)17-15(22)18(4)14(12)21/h6-7H,1-5H3,(H,17,20,22)/b12-11-. The first-order valence-corrected chi connectivity index (χ1v) is 6.98. The molecule has 0 bridgehead atoms. The van der Waals surface area contributed by atoms with Gasteiger partial charge in [-0.1, -0.05) is 20.8 Å². The summed E-state index contributed by atoms with van der Waals surface area (Å²) in [5, 5.41) is 2.06. The molecule has 0 aromatic heterocycles. The first kappa shape index (κ1) is 16.7. The minimum Gasteiger partial charge on any atom is -0.497 e. The number of likely N-dealkylation sites (N-methyl/N-ethyl adjacent to an activating group) is 1. The van der Waals surface area contributed by atoms with E-state index in [-0.39, 0.29) is 11.1 Å². The molecule has 0 unspecified atom stereocenters. The third-order valence-corrected chi connectivity index (χ3v) is 3.64. The second-order valence-electron chi connectivity index (χ2n) is 6.30. The molecule has 1 heterocycles. The molecule has 1 saturated heterocycles. The van der Waals surface area contributed by atoms with E-state index in [0.29, 0.717) is 11.3 Å². The number of ether oxygens (including phenoxy) is 1. The predicted molar refractivity (Wildman–Crippen MR) is 81.0 cm³/mol. The maximum atomic E-state index is 12.5. The number of nitrogens with zero attached hydrogens (tertiary/aromatic N) is 1. The van der Waals surface area contributed by atoms with Crippen LogP contribution in [0, 0.1) is 5.41 Å². The van der Waals surface area contributed by atoms with Gasteiger partial charge in [0.05, 0.1) is 7.11 Å². The van der Waals surface area contributed by atoms with E-state index >= 15 is 0 Å². The number of hydrogen-bond donors (Lipinski definition) is 1. The Balaban J connectivity index is 2.73. The Morgan fingerprint density at radius 1 is 1.04 bits per heavy atom. The van der Waals surface area contributed by atoms with Crippen LogP contribution in [0.15, 0.2) is 34.6 Å². The molecule has 4 amide bonds. The number of barbiturate groups is 1. The van der Waals surface area contributed by atoms with Gasteiger partial charge < -0.3 is 4.74 Å². The molecule has 0 spiro atoms. The van der Waals surface area contributed by atoms with Crippen molar-refractivity contribution in [3.8, 4) is 0 Å². The molecule has 7 heteroatoms. The van der Waals surface area contributed by atoms with E-state index in [1.165, 1.54) is 20.2 Å². The Hall–Kier alpha value is -2.70. The summed E-state index contributed by atoms with van der Waals surface area (Å²) in [6.07, 6.45) is 2.84. The zero-order valence-corrected chi connectivity index (χ0v) is 13.6. The number of urea groups is 1. The third kappa shape index (κ3) is 2.81. The zero-order valence-electron chi connectivity index (χ0n) is 13.6. The monoisotopic (exact) mass is 318 g/mol. The average Bonchev–Trinajstić information content (AvgIpc) is 2.45. The molecule has 0 saturated carbocycles. The van der Waals surface area contributed by atoms with E-state index in [9.17, 15) is 19.2 Å². The fraction of sp³-hybridized carbons (Fsp3) is 0.375. The molecule has 2 rings (SSSR count). The molecule has 1 aliphatic heterocycles. The highest BCUT2D eigenvalue weighted by molar-refractivity contribution is 6.33. The molecule has 23 heavy (non-hydrogen) atoms. The predicted octanol–water partition coefficient (Wildman–Crippen LogP) is 1.08. The highest BCUT2D eigenvalue weighted by Gasteiger charge is 2.40. The number of ketones is 1. The summed E-state index contributed by atoms with van der Waals surface area (Å²) < 4.78 is 5.11. The number of rotatable bonds is 1. The Labute approximate surface area is 133 Å². The van der Waals surface area contributed by atoms with Crippen molar-refractivity contribution in [3.63, 3.8) is 0 Å². The van der Waals surface area contributed by atoms with Crippen LogP contribution in [0.25, 0.3) is 0 Å². The normalized spacial score (nSPS) is 22.7. The van der Waals surface area contributed by atoms with E-state index in [2.05, 4.69) is 5.32 Å². The number of hydrogen-bond acceptors (Lipinski definition) is 5. The summed E-state index contributed by atoms with van der Waals surface area (Å²) in [6.45, 7) is 5.56. The van der Waals surface area contributed by atoms with Crippen LogP contribution >= 0.6 is 0 Å². The lowest BCUT2D eigenvalue weighted by atomic mass is 9.76. The van der Waals surface area contributed by atoms with Crippen LogP contribution in [0.5, 0.6) is 0 Å². The van der Waals surface area contributed by atoms with Gasteiger partial charge in [0.2, 0.25) is 0 Å². The SMILES string of the molecule is COC1=CC(=O)/C(=C2/C(=O)NC(=O)N(C)C2=O)C(C(C)(C)C)=C1. The first-order valence-electron chi connectivity index (χ1n) is 6.98. The largest absolute Gasteiger partial charge is 0.497 e. The molecule has 1 N–H and O–H groups in total. The Morgan fingerprint density at radius 2 is 1.65 bits per heavy atom. The van der Waals surface area contributed by atoms with Gasteiger partial charge in [-0.15, -0.1) is 0 Å². The number of methoxy groups -OCH3 is 1. The number of carbonyl (C=O) groups is 4. The molecule has 1 aliphatic carbocycles. The maximum absolute atomic E-state index is 12.5. The number of nitrogens with one attached hydrogen (secondary N) is 1. The molecule has 0 atom stereocenters. The van der Waals surface area contributed by atoms with Crippen molar-refractivity contribution in [2.75, 3.05) is 14.2 Å². The zero-order chi connectivity index (χ0) is 17.5. The molecule has 0 aromatic carbocycles. The first-order chi connectivity index (χ1) is 10.6. The molecule has 0 radical (unpaired) electrons. The van der Waals surface area contributed by atoms with Crippen molar-refractivity contribution in [3.05, 3.63) is 34.6 Å². The van der Waals surface area contributed by atoms with Gasteiger partial charge in [-0.2, -0.15) is 0 Å². The lowest BCUT2D eigenvalue weighted by molar-refractivity contribution is -0.130. The van der Waals surface area contributed by atoms with Crippen molar-refractivity contribution in [2.24, 2.45) is 5.41 Å². The average molecular weight is 318 g/mol. The van der Waals surface area contributed by atoms with Crippen LogP contribution in [0.1, 0.15) is 20.8 Å². The highest BCUT2D eigenvalue weighted by atomic mass is 16.5. The van der Waals surface area contributed by atoms with Gasteiger partial charge in [-0.05, 0) is 17.1 Å². The molecular formula is C16H18N2O5. The summed E-state index contributed by atoms with van der Waals surface area (Å²) in [4.78, 5) is 49.3. The minimum absolute atomic E-state index is 0.000139. The number of carbonyl (C=O) groups excluding carboxylic acids is 4. The summed E-state index contributed by atoms with van der Waals surface area (Å²) in [5.41, 5.74) is -0.343. The van der Waals surface area contributed by atoms with Crippen LogP contribution < -0.4 is 5.32 Å². The van der Waals surface area contributed by atoms with E-state index in [1.807, 2.05) is 20.8 Å². The van der Waals surface area contributed by atoms with Gasteiger partial charge in [-0.25, -0.2) is 4.79 Å². The van der Waals surface area contributed by atoms with Gasteiger partial charge in [0.25, 0.3) is 11.8 Å². The van der Waals surface area contributed by atoms with E-state index in [0.717, 1.165) is 4.90 Å². The van der Waals surface area contributed by atoms with Crippen molar-refractivity contribution in [1.82, 2.24) is 10.2 Å². The number of amides is 4. The Bertz CT molecular complexity index is 719. The lowest BCUT2D eigenvalue weighted by Gasteiger charge is -2.30. The van der Waals surface area contributed by atoms with Crippen LogP contribution in [-0.2, 0) is 19.1 Å². The highest BCUT2D eigenvalue weighted by Crippen LogP contribution is 2.37. The number of imide groups is 2. The van der Waals surface area contributed by atoms with Crippen LogP contribution in [0.4, 0.5) is 4.79 Å². The second-order valence-corrected chi connectivity index (χ2v) is 6.30. The second kappa shape index (κ2) is 5.49. The summed E-state index contributed by atoms with van der Waals surface area (Å²) in [6, 6.07) is -0.818. The maximum Gasteiger partial charge on any atom is 0.331 e. The molecule has 122 valence electrons. The topological polar surface area (TPSA) is 92.8 Å². The summed E-state index contributed by atoms with van der Waals surface area (Å²) in [7, 11) is 2.67. The van der Waals surface area contributed by atoms with Crippen LogP contribution in [-0.4, -0.2) is 42.7 Å². The van der Waals surface area contributed by atoms with Gasteiger partial charge in [0, 0.05) is 18.7 Å². The van der Waals surface area contributed by atoms with Gasteiger partial charge in [-0.3, -0.25) is 24.6 Å². The Morgan fingerprint density at radius 3 is 2.17 bits per heavy atom. The Kier molecular flexibility index (Phi) is 3.98. The van der Waals surface area contributed by atoms with Crippen LogP contribution in [0.2, 0.25) is 0 Å². The molecule has 7 nitrogen and oxygen atoms in total. The number of allylic oxidation sites excluding steroid dienone is 4.